The Morgan fingerprint density at radius 3 is 2.56 bits per heavy atom. The average Bonchev–Trinajstić information content (AvgIpc) is 2.62. The second-order valence-corrected chi connectivity index (χ2v) is 3.97. The second kappa shape index (κ2) is 4.05. The minimum atomic E-state index is -1.09. The van der Waals surface area contributed by atoms with Crippen molar-refractivity contribution >= 4 is 17.5 Å². The predicted molar refractivity (Wildman–Crippen MR) is 59.8 cm³/mol. The number of nitrogens with two attached hydrogens (primary N) is 1. The number of nitrogens with zero attached hydrogens (tertiary/aromatic N) is 2. The van der Waals surface area contributed by atoms with Crippen LogP contribution in [0.5, 0.6) is 0 Å². The lowest BCUT2D eigenvalue weighted by Crippen LogP contribution is -2.44. The summed E-state index contributed by atoms with van der Waals surface area (Å²) in [5.74, 6) is -0.719. The van der Waals surface area contributed by atoms with Gasteiger partial charge in [0.15, 0.2) is 0 Å². The van der Waals surface area contributed by atoms with E-state index in [1.165, 1.54) is 6.07 Å². The van der Waals surface area contributed by atoms with Crippen LogP contribution in [-0.4, -0.2) is 49.2 Å². The fraction of sp³-hybridized carbons (Fsp3) is 0.500. The quantitative estimate of drug-likeness (QED) is 0.753. The molecule has 16 heavy (non-hydrogen) atoms. The lowest BCUT2D eigenvalue weighted by atomic mass is 10.3. The first-order chi connectivity index (χ1) is 7.58. The van der Waals surface area contributed by atoms with E-state index in [-0.39, 0.29) is 5.76 Å². The molecule has 0 bridgehead atoms. The summed E-state index contributed by atoms with van der Waals surface area (Å²) >= 11 is 0. The van der Waals surface area contributed by atoms with Gasteiger partial charge in [0.25, 0.3) is 0 Å². The van der Waals surface area contributed by atoms with Gasteiger partial charge in [-0.3, -0.25) is 0 Å². The van der Waals surface area contributed by atoms with Gasteiger partial charge in [0, 0.05) is 32.2 Å². The second-order valence-electron chi connectivity index (χ2n) is 3.97. The van der Waals surface area contributed by atoms with Crippen LogP contribution in [0.3, 0.4) is 0 Å². The van der Waals surface area contributed by atoms with Crippen molar-refractivity contribution in [3.63, 3.8) is 0 Å². The van der Waals surface area contributed by atoms with Crippen molar-refractivity contribution in [1.29, 1.82) is 0 Å². The Balaban J connectivity index is 2.17. The maximum absolute atomic E-state index is 10.7. The lowest BCUT2D eigenvalue weighted by Gasteiger charge is -2.32. The van der Waals surface area contributed by atoms with Gasteiger partial charge in [-0.15, -0.1) is 0 Å². The molecule has 1 saturated heterocycles. The predicted octanol–water partition coefficient (Wildman–Crippen LogP) is 0.312. The van der Waals surface area contributed by atoms with Crippen molar-refractivity contribution in [1.82, 2.24) is 4.90 Å². The zero-order valence-electron chi connectivity index (χ0n) is 9.14. The van der Waals surface area contributed by atoms with Crippen LogP contribution in [0.1, 0.15) is 10.6 Å². The molecule has 1 aliphatic heterocycles. The van der Waals surface area contributed by atoms with Gasteiger partial charge >= 0.3 is 5.97 Å². The van der Waals surface area contributed by atoms with E-state index in [1.807, 2.05) is 11.9 Å². The maximum atomic E-state index is 10.7. The molecule has 1 fully saturated rings. The van der Waals surface area contributed by atoms with Crippen molar-refractivity contribution in [2.45, 2.75) is 0 Å². The molecule has 1 aromatic rings. The standard InChI is InChI=1S/C10H15N3O3/c1-12-2-4-13(5-3-12)9-7(11)6-8(16-9)10(14)15/h6H,2-5,11H2,1H3,(H,14,15). The molecule has 0 saturated carbocycles. The van der Waals surface area contributed by atoms with Crippen LogP contribution in [-0.2, 0) is 0 Å². The molecule has 0 atom stereocenters. The average molecular weight is 225 g/mol. The molecule has 3 N–H and O–H groups in total. The molecule has 2 heterocycles. The minimum Gasteiger partial charge on any atom is -0.475 e. The number of furan rings is 1. The highest BCUT2D eigenvalue weighted by Crippen LogP contribution is 2.28. The third-order valence-corrected chi connectivity index (χ3v) is 2.74. The van der Waals surface area contributed by atoms with E-state index < -0.39 is 5.97 Å². The summed E-state index contributed by atoms with van der Waals surface area (Å²) < 4.78 is 5.23. The number of carboxylic acids is 1. The summed E-state index contributed by atoms with van der Waals surface area (Å²) in [6.45, 7) is 3.44. The van der Waals surface area contributed by atoms with Gasteiger partial charge in [0.2, 0.25) is 11.6 Å². The zero-order valence-corrected chi connectivity index (χ0v) is 9.14. The number of carbonyl (C=O) groups is 1. The number of carboxylic acid groups (broad SMARTS) is 1. The van der Waals surface area contributed by atoms with Crippen molar-refractivity contribution in [3.8, 4) is 0 Å². The summed E-state index contributed by atoms with van der Waals surface area (Å²) in [5.41, 5.74) is 6.12. The molecule has 0 aliphatic carbocycles. The number of piperazine rings is 1. The van der Waals surface area contributed by atoms with E-state index in [1.54, 1.807) is 0 Å². The SMILES string of the molecule is CN1CCN(c2oc(C(=O)O)cc2N)CC1. The molecule has 2 rings (SSSR count). The molecule has 0 aromatic carbocycles. The van der Waals surface area contributed by atoms with Crippen LogP contribution < -0.4 is 10.6 Å². The summed E-state index contributed by atoms with van der Waals surface area (Å²) in [7, 11) is 2.05. The van der Waals surface area contributed by atoms with Gasteiger partial charge in [-0.2, -0.15) is 0 Å². The fourth-order valence-corrected chi connectivity index (χ4v) is 1.76. The summed E-state index contributed by atoms with van der Waals surface area (Å²) in [6, 6.07) is 1.36. The Kier molecular flexibility index (Phi) is 2.74. The van der Waals surface area contributed by atoms with Crippen LogP contribution in [0.4, 0.5) is 11.6 Å². The van der Waals surface area contributed by atoms with Crippen molar-refractivity contribution in [2.75, 3.05) is 43.9 Å². The third-order valence-electron chi connectivity index (χ3n) is 2.74. The van der Waals surface area contributed by atoms with E-state index >= 15 is 0 Å². The fourth-order valence-electron chi connectivity index (χ4n) is 1.76. The van der Waals surface area contributed by atoms with Crippen molar-refractivity contribution in [2.24, 2.45) is 0 Å². The van der Waals surface area contributed by atoms with Crippen LogP contribution in [0.25, 0.3) is 0 Å². The molecule has 0 radical (unpaired) electrons. The van der Waals surface area contributed by atoms with Gasteiger partial charge in [-0.25, -0.2) is 4.79 Å². The minimum absolute atomic E-state index is 0.105. The summed E-state index contributed by atoms with van der Waals surface area (Å²) in [4.78, 5) is 14.9. The molecular formula is C10H15N3O3. The highest BCUT2D eigenvalue weighted by Gasteiger charge is 2.22. The summed E-state index contributed by atoms with van der Waals surface area (Å²) in [6.07, 6.45) is 0. The van der Waals surface area contributed by atoms with Gasteiger partial charge in [0.05, 0.1) is 5.69 Å². The molecule has 0 amide bonds. The van der Waals surface area contributed by atoms with Crippen LogP contribution in [0.2, 0.25) is 0 Å². The number of hydrogen-bond acceptors (Lipinski definition) is 5. The Morgan fingerprint density at radius 2 is 2.06 bits per heavy atom. The van der Waals surface area contributed by atoms with E-state index in [4.69, 9.17) is 15.3 Å². The molecule has 1 aliphatic rings. The number of likely N-dealkylation sites (N-methyl/N-ethyl adjacent to an activating group) is 1. The molecular weight excluding hydrogens is 210 g/mol. The molecule has 0 unspecified atom stereocenters. The largest absolute Gasteiger partial charge is 0.475 e. The van der Waals surface area contributed by atoms with Gasteiger partial charge < -0.3 is 25.1 Å². The number of rotatable bonds is 2. The normalized spacial score (nSPS) is 17.7. The number of hydrogen-bond donors (Lipinski definition) is 2. The number of aromatic carboxylic acids is 1. The molecule has 6 heteroatoms. The summed E-state index contributed by atoms with van der Waals surface area (Å²) in [5, 5.41) is 8.79. The maximum Gasteiger partial charge on any atom is 0.371 e. The smallest absolute Gasteiger partial charge is 0.371 e. The van der Waals surface area contributed by atoms with E-state index in [2.05, 4.69) is 4.90 Å². The number of nitrogen functional groups attached to an aromatic ring is 1. The van der Waals surface area contributed by atoms with Gasteiger partial charge in [-0.1, -0.05) is 0 Å². The Bertz CT molecular complexity index is 394. The van der Waals surface area contributed by atoms with Crippen molar-refractivity contribution < 1.29 is 14.3 Å². The van der Waals surface area contributed by atoms with Crippen LogP contribution in [0, 0.1) is 0 Å². The van der Waals surface area contributed by atoms with Crippen LogP contribution in [0.15, 0.2) is 10.5 Å². The molecule has 6 nitrogen and oxygen atoms in total. The Labute approximate surface area is 93.2 Å². The van der Waals surface area contributed by atoms with E-state index in [0.717, 1.165) is 26.2 Å². The monoisotopic (exact) mass is 225 g/mol. The van der Waals surface area contributed by atoms with Crippen LogP contribution >= 0.6 is 0 Å². The third kappa shape index (κ3) is 1.96. The molecule has 88 valence electrons. The number of anilines is 2. The van der Waals surface area contributed by atoms with E-state index in [9.17, 15) is 4.79 Å². The Morgan fingerprint density at radius 1 is 1.44 bits per heavy atom. The molecule has 0 spiro atoms. The first kappa shape index (κ1) is 10.8. The van der Waals surface area contributed by atoms with Gasteiger partial charge in [-0.05, 0) is 7.05 Å². The first-order valence-electron chi connectivity index (χ1n) is 5.14. The lowest BCUT2D eigenvalue weighted by molar-refractivity contribution is 0.0663. The highest BCUT2D eigenvalue weighted by atomic mass is 16.4. The first-order valence-corrected chi connectivity index (χ1v) is 5.14. The van der Waals surface area contributed by atoms with Gasteiger partial charge in [0.1, 0.15) is 0 Å². The Hall–Kier alpha value is -1.69. The highest BCUT2D eigenvalue weighted by molar-refractivity contribution is 5.87. The van der Waals surface area contributed by atoms with Crippen molar-refractivity contribution in [3.05, 3.63) is 11.8 Å². The topological polar surface area (TPSA) is 82.9 Å². The zero-order chi connectivity index (χ0) is 11.7. The molecule has 1 aromatic heterocycles. The van der Waals surface area contributed by atoms with E-state index in [0.29, 0.717) is 11.6 Å².